The summed E-state index contributed by atoms with van der Waals surface area (Å²) in [5.41, 5.74) is 3.87. The number of nitrogens with one attached hydrogen (secondary N) is 1. The van der Waals surface area contributed by atoms with Crippen molar-refractivity contribution in [1.29, 1.82) is 0 Å². The van der Waals surface area contributed by atoms with Crippen molar-refractivity contribution in [2.75, 3.05) is 11.3 Å². The number of anilines is 1. The van der Waals surface area contributed by atoms with Gasteiger partial charge < -0.3 is 9.14 Å². The van der Waals surface area contributed by atoms with Gasteiger partial charge in [-0.25, -0.2) is 13.4 Å². The molecule has 1 N–H and O–H groups in total. The van der Waals surface area contributed by atoms with Crippen LogP contribution in [0.4, 0.5) is 5.69 Å². The topological polar surface area (TPSA) is 72.7 Å². The summed E-state index contributed by atoms with van der Waals surface area (Å²) in [5.74, 6) is 0.757. The van der Waals surface area contributed by atoms with Crippen LogP contribution >= 0.6 is 0 Å². The minimum atomic E-state index is -3.69. The van der Waals surface area contributed by atoms with Gasteiger partial charge in [-0.1, -0.05) is 18.2 Å². The van der Waals surface area contributed by atoms with Crippen LogP contribution in [0.2, 0.25) is 0 Å². The van der Waals surface area contributed by atoms with Crippen molar-refractivity contribution >= 4 is 21.4 Å². The highest BCUT2D eigenvalue weighted by Gasteiger charge is 2.19. The van der Waals surface area contributed by atoms with Crippen LogP contribution in [0.3, 0.4) is 0 Å². The number of imidazole rings is 1. The van der Waals surface area contributed by atoms with E-state index in [2.05, 4.69) is 9.71 Å². The van der Waals surface area contributed by atoms with Crippen LogP contribution in [0.15, 0.2) is 78.0 Å². The molecule has 3 heterocycles. The molecule has 1 aliphatic heterocycles. The molecule has 2 aromatic heterocycles. The predicted octanol–water partition coefficient (Wildman–Crippen LogP) is 3.74. The Labute approximate surface area is 162 Å². The highest BCUT2D eigenvalue weighted by atomic mass is 32.2. The molecule has 0 atom stereocenters. The molecule has 0 radical (unpaired) electrons. The molecular formula is C21H17N3O3S. The lowest BCUT2D eigenvalue weighted by atomic mass is 10.1. The van der Waals surface area contributed by atoms with Crippen molar-refractivity contribution in [3.05, 3.63) is 78.6 Å². The summed E-state index contributed by atoms with van der Waals surface area (Å²) >= 11 is 0. The number of ether oxygens (including phenoxy) is 1. The molecule has 7 heteroatoms. The molecule has 6 nitrogen and oxygen atoms in total. The quantitative estimate of drug-likeness (QED) is 0.575. The molecule has 0 amide bonds. The van der Waals surface area contributed by atoms with E-state index in [0.717, 1.165) is 34.6 Å². The number of pyridine rings is 1. The second-order valence-corrected chi connectivity index (χ2v) is 8.33. The number of rotatable bonds is 4. The summed E-state index contributed by atoms with van der Waals surface area (Å²) in [7, 11) is -3.69. The smallest absolute Gasteiger partial charge is 0.261 e. The monoisotopic (exact) mass is 391 g/mol. The van der Waals surface area contributed by atoms with E-state index < -0.39 is 10.0 Å². The lowest BCUT2D eigenvalue weighted by molar-refractivity contribution is 0.356. The Bertz CT molecular complexity index is 1260. The summed E-state index contributed by atoms with van der Waals surface area (Å²) in [6.45, 7) is 0.591. The first kappa shape index (κ1) is 16.8. The zero-order valence-corrected chi connectivity index (χ0v) is 15.7. The summed E-state index contributed by atoms with van der Waals surface area (Å²) in [6, 6.07) is 18.0. The fourth-order valence-electron chi connectivity index (χ4n) is 3.36. The molecule has 0 saturated heterocycles. The first-order valence-corrected chi connectivity index (χ1v) is 10.4. The number of aromatic nitrogens is 2. The predicted molar refractivity (Wildman–Crippen MR) is 107 cm³/mol. The van der Waals surface area contributed by atoms with Gasteiger partial charge in [0.1, 0.15) is 11.4 Å². The molecule has 0 saturated carbocycles. The summed E-state index contributed by atoms with van der Waals surface area (Å²) in [6.07, 6.45) is 4.57. The fraction of sp³-hybridized carbons (Fsp3) is 0.0952. The van der Waals surface area contributed by atoms with Gasteiger partial charge in [0.2, 0.25) is 0 Å². The van der Waals surface area contributed by atoms with Crippen LogP contribution in [0.25, 0.3) is 16.9 Å². The van der Waals surface area contributed by atoms with Gasteiger partial charge in [-0.15, -0.1) is 0 Å². The maximum atomic E-state index is 12.8. The average molecular weight is 391 g/mol. The Morgan fingerprint density at radius 3 is 2.86 bits per heavy atom. The van der Waals surface area contributed by atoms with E-state index in [4.69, 9.17) is 4.74 Å². The lowest BCUT2D eigenvalue weighted by Gasteiger charge is -2.10. The van der Waals surface area contributed by atoms with Crippen molar-refractivity contribution in [1.82, 2.24) is 9.38 Å². The Hall–Kier alpha value is -3.32. The highest BCUT2D eigenvalue weighted by Crippen LogP contribution is 2.29. The molecule has 28 heavy (non-hydrogen) atoms. The van der Waals surface area contributed by atoms with E-state index in [-0.39, 0.29) is 4.90 Å². The summed E-state index contributed by atoms with van der Waals surface area (Å²) < 4.78 is 35.7. The Balaban J connectivity index is 1.46. The number of fused-ring (bicyclic) bond motifs is 2. The van der Waals surface area contributed by atoms with Gasteiger partial charge in [-0.3, -0.25) is 4.72 Å². The third-order valence-corrected chi connectivity index (χ3v) is 6.12. The summed E-state index contributed by atoms with van der Waals surface area (Å²) in [4.78, 5) is 4.82. The van der Waals surface area contributed by atoms with Gasteiger partial charge >= 0.3 is 0 Å². The number of hydrogen-bond donors (Lipinski definition) is 1. The molecule has 0 aliphatic carbocycles. The van der Waals surface area contributed by atoms with E-state index in [1.807, 2.05) is 47.1 Å². The first-order valence-electron chi connectivity index (χ1n) is 8.91. The number of benzene rings is 2. The third-order valence-electron chi connectivity index (χ3n) is 4.75. The minimum absolute atomic E-state index is 0.231. The Morgan fingerprint density at radius 1 is 1.04 bits per heavy atom. The van der Waals surface area contributed by atoms with Crippen LogP contribution in [0.5, 0.6) is 5.75 Å². The Morgan fingerprint density at radius 2 is 1.96 bits per heavy atom. The normalized spacial score (nSPS) is 13.3. The van der Waals surface area contributed by atoms with Gasteiger partial charge in [-0.2, -0.15) is 0 Å². The number of hydrogen-bond acceptors (Lipinski definition) is 4. The van der Waals surface area contributed by atoms with Crippen molar-refractivity contribution in [3.8, 4) is 17.0 Å². The van der Waals surface area contributed by atoms with Crippen molar-refractivity contribution in [2.45, 2.75) is 11.3 Å². The van der Waals surface area contributed by atoms with Crippen LogP contribution in [0, 0.1) is 0 Å². The van der Waals surface area contributed by atoms with Crippen LogP contribution in [-0.2, 0) is 16.4 Å². The number of nitrogens with zero attached hydrogens (tertiary/aromatic N) is 2. The molecule has 0 unspecified atom stereocenters. The van der Waals surface area contributed by atoms with Crippen molar-refractivity contribution in [2.24, 2.45) is 0 Å². The van der Waals surface area contributed by atoms with Gasteiger partial charge in [0.25, 0.3) is 10.0 Å². The first-order chi connectivity index (χ1) is 13.6. The molecule has 2 aromatic carbocycles. The molecule has 0 bridgehead atoms. The molecular weight excluding hydrogens is 374 g/mol. The molecule has 0 fully saturated rings. The maximum absolute atomic E-state index is 12.8. The zero-order valence-electron chi connectivity index (χ0n) is 14.9. The maximum Gasteiger partial charge on any atom is 0.261 e. The van der Waals surface area contributed by atoms with Gasteiger partial charge in [0, 0.05) is 30.1 Å². The fourth-order valence-corrected chi connectivity index (χ4v) is 4.46. The van der Waals surface area contributed by atoms with Gasteiger partial charge in [-0.05, 0) is 48.0 Å². The van der Waals surface area contributed by atoms with E-state index in [0.29, 0.717) is 12.3 Å². The van der Waals surface area contributed by atoms with Gasteiger partial charge in [0.15, 0.2) is 0 Å². The SMILES string of the molecule is O=S(=O)(Nc1cccc(-c2cn3ccccc3n2)c1)c1ccc2c(c1)CCO2. The minimum Gasteiger partial charge on any atom is -0.493 e. The molecule has 4 aromatic rings. The van der Waals surface area contributed by atoms with Crippen LogP contribution < -0.4 is 9.46 Å². The van der Waals surface area contributed by atoms with Gasteiger partial charge in [0.05, 0.1) is 17.2 Å². The van der Waals surface area contributed by atoms with Crippen molar-refractivity contribution in [3.63, 3.8) is 0 Å². The third kappa shape index (κ3) is 2.99. The van der Waals surface area contributed by atoms with Crippen LogP contribution in [-0.4, -0.2) is 24.4 Å². The molecule has 140 valence electrons. The lowest BCUT2D eigenvalue weighted by Crippen LogP contribution is -2.13. The zero-order chi connectivity index (χ0) is 19.1. The summed E-state index contributed by atoms with van der Waals surface area (Å²) in [5, 5.41) is 0. The Kier molecular flexibility index (Phi) is 3.84. The second kappa shape index (κ2) is 6.38. The molecule has 5 rings (SSSR count). The van der Waals surface area contributed by atoms with E-state index in [1.165, 1.54) is 0 Å². The van der Waals surface area contributed by atoms with E-state index >= 15 is 0 Å². The standard InChI is InChI=1S/C21H17N3O3S/c25-28(26,18-7-8-20-16(13-18)9-11-27-20)23-17-5-3-4-15(12-17)19-14-24-10-2-1-6-21(24)22-19/h1-8,10,12-14,23H,9,11H2. The second-order valence-electron chi connectivity index (χ2n) is 6.65. The molecule has 1 aliphatic rings. The molecule has 0 spiro atoms. The average Bonchev–Trinajstić information content (AvgIpc) is 3.34. The van der Waals surface area contributed by atoms with E-state index in [9.17, 15) is 8.42 Å². The van der Waals surface area contributed by atoms with Crippen LogP contribution in [0.1, 0.15) is 5.56 Å². The van der Waals surface area contributed by atoms with Crippen molar-refractivity contribution < 1.29 is 13.2 Å². The van der Waals surface area contributed by atoms with E-state index in [1.54, 1.807) is 30.3 Å². The largest absolute Gasteiger partial charge is 0.493 e. The highest BCUT2D eigenvalue weighted by molar-refractivity contribution is 7.92. The number of sulfonamides is 1.